The van der Waals surface area contributed by atoms with Crippen LogP contribution in [-0.2, 0) is 16.1 Å². The largest absolute Gasteiger partial charge is 0.459 e. The lowest BCUT2D eigenvalue weighted by Crippen LogP contribution is -2.45. The quantitative estimate of drug-likeness (QED) is 0.624. The summed E-state index contributed by atoms with van der Waals surface area (Å²) in [6.07, 6.45) is 3.58. The number of esters is 1. The molecule has 0 saturated carbocycles. The van der Waals surface area contributed by atoms with Gasteiger partial charge in [-0.25, -0.2) is 4.79 Å². The third-order valence-corrected chi connectivity index (χ3v) is 4.90. The molecule has 0 radical (unpaired) electrons. The molecule has 1 aromatic carbocycles. The van der Waals surface area contributed by atoms with Gasteiger partial charge in [-0.3, -0.25) is 4.79 Å². The first-order valence-electron chi connectivity index (χ1n) is 9.13. The molecular formula is C22H20ClN3O3. The molecule has 1 amide bonds. The Morgan fingerprint density at radius 3 is 2.62 bits per heavy atom. The summed E-state index contributed by atoms with van der Waals surface area (Å²) in [5, 5.41) is 12.5. The average molecular weight is 410 g/mol. The monoisotopic (exact) mass is 409 g/mol. The number of carbonyl (C=O) groups is 2. The maximum atomic E-state index is 12.7. The summed E-state index contributed by atoms with van der Waals surface area (Å²) in [4.78, 5) is 25.2. The van der Waals surface area contributed by atoms with Gasteiger partial charge in [-0.2, -0.15) is 5.26 Å². The van der Waals surface area contributed by atoms with E-state index in [0.29, 0.717) is 16.1 Å². The standard InChI is InChI=1S/C22H20ClN3O3/c1-14(2)20(25-21(27)16-7-3-4-8-18(16)23)22(28)29-13-15-12-26-10-6-5-9-19(26)17(15)11-24/h3-10,12,14,20H,13H2,1-2H3,(H,25,27). The van der Waals surface area contributed by atoms with Gasteiger partial charge in [0.2, 0.25) is 0 Å². The summed E-state index contributed by atoms with van der Waals surface area (Å²) in [5.74, 6) is -1.21. The summed E-state index contributed by atoms with van der Waals surface area (Å²) >= 11 is 6.07. The van der Waals surface area contributed by atoms with Crippen molar-refractivity contribution in [2.45, 2.75) is 26.5 Å². The van der Waals surface area contributed by atoms with Gasteiger partial charge >= 0.3 is 5.97 Å². The van der Waals surface area contributed by atoms with Crippen molar-refractivity contribution >= 4 is 29.0 Å². The highest BCUT2D eigenvalue weighted by atomic mass is 35.5. The van der Waals surface area contributed by atoms with Gasteiger partial charge < -0.3 is 14.5 Å². The molecule has 6 nitrogen and oxygen atoms in total. The molecule has 0 bridgehead atoms. The van der Waals surface area contributed by atoms with Crippen LogP contribution in [0.15, 0.2) is 54.9 Å². The number of hydrogen-bond acceptors (Lipinski definition) is 4. The Labute approximate surface area is 173 Å². The summed E-state index contributed by atoms with van der Waals surface area (Å²) in [6.45, 7) is 3.56. The second-order valence-corrected chi connectivity index (χ2v) is 7.32. The van der Waals surface area contributed by atoms with Crippen LogP contribution in [0, 0.1) is 17.2 Å². The first-order valence-corrected chi connectivity index (χ1v) is 9.51. The van der Waals surface area contributed by atoms with E-state index in [1.807, 2.05) is 38.2 Å². The van der Waals surface area contributed by atoms with Crippen LogP contribution in [-0.4, -0.2) is 22.3 Å². The highest BCUT2D eigenvalue weighted by Gasteiger charge is 2.27. The molecule has 2 heterocycles. The van der Waals surface area contributed by atoms with Crippen LogP contribution in [0.3, 0.4) is 0 Å². The molecule has 0 aliphatic rings. The van der Waals surface area contributed by atoms with Gasteiger partial charge in [0.05, 0.1) is 21.7 Å². The van der Waals surface area contributed by atoms with Crippen LogP contribution in [0.5, 0.6) is 0 Å². The molecule has 0 aliphatic heterocycles. The summed E-state index contributed by atoms with van der Waals surface area (Å²) < 4.78 is 7.25. The molecule has 0 spiro atoms. The van der Waals surface area contributed by atoms with Gasteiger partial charge in [-0.1, -0.05) is 43.6 Å². The number of hydrogen-bond donors (Lipinski definition) is 1. The van der Waals surface area contributed by atoms with E-state index < -0.39 is 17.9 Å². The molecule has 2 aromatic heterocycles. The van der Waals surface area contributed by atoms with E-state index in [1.165, 1.54) is 0 Å². The normalized spacial score (nSPS) is 11.8. The minimum Gasteiger partial charge on any atom is -0.459 e. The summed E-state index contributed by atoms with van der Waals surface area (Å²) in [6, 6.07) is 13.4. The first-order chi connectivity index (χ1) is 13.9. The minimum atomic E-state index is -0.846. The van der Waals surface area contributed by atoms with Crippen LogP contribution < -0.4 is 5.32 Å². The van der Waals surface area contributed by atoms with Crippen molar-refractivity contribution in [2.24, 2.45) is 5.92 Å². The lowest BCUT2D eigenvalue weighted by atomic mass is 10.0. The number of ether oxygens (including phenoxy) is 1. The maximum absolute atomic E-state index is 12.7. The number of nitrogens with zero attached hydrogens (tertiary/aromatic N) is 2. The van der Waals surface area contributed by atoms with E-state index in [9.17, 15) is 14.9 Å². The molecule has 148 valence electrons. The number of halogens is 1. The first kappa shape index (κ1) is 20.4. The van der Waals surface area contributed by atoms with Crippen molar-refractivity contribution in [1.82, 2.24) is 9.72 Å². The molecule has 0 aliphatic carbocycles. The zero-order chi connectivity index (χ0) is 21.0. The van der Waals surface area contributed by atoms with Gasteiger partial charge in [-0.05, 0) is 30.2 Å². The fourth-order valence-electron chi connectivity index (χ4n) is 3.02. The smallest absolute Gasteiger partial charge is 0.329 e. The fraction of sp³-hybridized carbons (Fsp3) is 0.227. The van der Waals surface area contributed by atoms with Gasteiger partial charge in [-0.15, -0.1) is 0 Å². The Morgan fingerprint density at radius 2 is 1.93 bits per heavy atom. The topological polar surface area (TPSA) is 83.6 Å². The number of fused-ring (bicyclic) bond motifs is 1. The summed E-state index contributed by atoms with van der Waals surface area (Å²) in [7, 11) is 0. The zero-order valence-electron chi connectivity index (χ0n) is 16.1. The van der Waals surface area contributed by atoms with E-state index in [4.69, 9.17) is 16.3 Å². The van der Waals surface area contributed by atoms with E-state index in [2.05, 4.69) is 11.4 Å². The molecule has 1 N–H and O–H groups in total. The zero-order valence-corrected chi connectivity index (χ0v) is 16.8. The molecule has 3 rings (SSSR count). The van der Waals surface area contributed by atoms with Gasteiger partial charge in [0.15, 0.2) is 0 Å². The molecule has 1 unspecified atom stereocenters. The highest BCUT2D eigenvalue weighted by Crippen LogP contribution is 2.20. The van der Waals surface area contributed by atoms with Gasteiger partial charge in [0, 0.05) is 18.0 Å². The van der Waals surface area contributed by atoms with Crippen LogP contribution in [0.25, 0.3) is 5.52 Å². The Kier molecular flexibility index (Phi) is 6.20. The van der Waals surface area contributed by atoms with Crippen LogP contribution in [0.4, 0.5) is 0 Å². The second kappa shape index (κ2) is 8.80. The van der Waals surface area contributed by atoms with Crippen LogP contribution in [0.2, 0.25) is 5.02 Å². The molecular weight excluding hydrogens is 390 g/mol. The maximum Gasteiger partial charge on any atom is 0.329 e. The molecule has 0 fully saturated rings. The average Bonchev–Trinajstić information content (AvgIpc) is 3.07. The Bertz CT molecular complexity index is 1100. The minimum absolute atomic E-state index is 0.0609. The number of amides is 1. The second-order valence-electron chi connectivity index (χ2n) is 6.92. The number of benzene rings is 1. The lowest BCUT2D eigenvalue weighted by molar-refractivity contribution is -0.148. The number of nitriles is 1. The van der Waals surface area contributed by atoms with Crippen molar-refractivity contribution in [3.05, 3.63) is 76.6 Å². The van der Waals surface area contributed by atoms with Crippen molar-refractivity contribution in [2.75, 3.05) is 0 Å². The van der Waals surface area contributed by atoms with Gasteiger partial charge in [0.1, 0.15) is 18.7 Å². The Balaban J connectivity index is 1.73. The fourth-order valence-corrected chi connectivity index (χ4v) is 3.24. The van der Waals surface area contributed by atoms with Crippen molar-refractivity contribution in [3.63, 3.8) is 0 Å². The molecule has 3 aromatic rings. The third kappa shape index (κ3) is 4.41. The highest BCUT2D eigenvalue weighted by molar-refractivity contribution is 6.33. The third-order valence-electron chi connectivity index (χ3n) is 4.57. The van der Waals surface area contributed by atoms with Gasteiger partial charge in [0.25, 0.3) is 5.91 Å². The van der Waals surface area contributed by atoms with Crippen LogP contribution >= 0.6 is 11.6 Å². The number of carbonyl (C=O) groups excluding carboxylic acids is 2. The van der Waals surface area contributed by atoms with E-state index in [1.54, 1.807) is 34.9 Å². The Hall–Kier alpha value is -3.30. The number of rotatable bonds is 6. The van der Waals surface area contributed by atoms with Crippen molar-refractivity contribution in [3.8, 4) is 6.07 Å². The predicted molar refractivity (Wildman–Crippen MR) is 109 cm³/mol. The van der Waals surface area contributed by atoms with E-state index in [-0.39, 0.29) is 18.1 Å². The van der Waals surface area contributed by atoms with Crippen LogP contribution in [0.1, 0.15) is 35.3 Å². The molecule has 7 heteroatoms. The lowest BCUT2D eigenvalue weighted by Gasteiger charge is -2.21. The molecule has 1 atom stereocenters. The molecule has 0 saturated heterocycles. The van der Waals surface area contributed by atoms with E-state index in [0.717, 1.165) is 5.52 Å². The predicted octanol–water partition coefficient (Wildman–Crippen LogP) is 3.96. The van der Waals surface area contributed by atoms with Crippen molar-refractivity contribution < 1.29 is 14.3 Å². The number of pyridine rings is 1. The summed E-state index contributed by atoms with van der Waals surface area (Å²) in [5.41, 5.74) is 2.10. The van der Waals surface area contributed by atoms with Crippen molar-refractivity contribution in [1.29, 1.82) is 5.26 Å². The number of nitrogens with one attached hydrogen (secondary N) is 1. The molecule has 29 heavy (non-hydrogen) atoms. The Morgan fingerprint density at radius 1 is 1.21 bits per heavy atom. The number of aromatic nitrogens is 1. The van der Waals surface area contributed by atoms with E-state index >= 15 is 0 Å². The SMILES string of the molecule is CC(C)C(NC(=O)c1ccccc1Cl)C(=O)OCc1cn2ccccc2c1C#N.